The number of nitrogen functional groups attached to an aromatic ring is 2. The van der Waals surface area contributed by atoms with Crippen molar-refractivity contribution in [2.45, 2.75) is 12.5 Å². The van der Waals surface area contributed by atoms with Crippen molar-refractivity contribution in [3.8, 4) is 0 Å². The van der Waals surface area contributed by atoms with E-state index in [1.165, 1.54) is 0 Å². The van der Waals surface area contributed by atoms with Gasteiger partial charge < -0.3 is 21.0 Å². The highest BCUT2D eigenvalue weighted by atomic mass is 15.3. The van der Waals surface area contributed by atoms with Gasteiger partial charge in [-0.2, -0.15) is 9.97 Å². The van der Waals surface area contributed by atoms with Crippen molar-refractivity contribution in [1.29, 1.82) is 0 Å². The number of nitrogens with two attached hydrogens (primary N) is 2. The summed E-state index contributed by atoms with van der Waals surface area (Å²) in [4.78, 5) is 12.6. The maximum Gasteiger partial charge on any atom is 0.223 e. The molecule has 1 aliphatic heterocycles. The minimum Gasteiger partial charge on any atom is -0.368 e. The molecule has 1 aliphatic rings. The van der Waals surface area contributed by atoms with Crippen LogP contribution in [0.1, 0.15) is 6.42 Å². The standard InChI is InChI=1S/C10H19N7/c1-16(2)7-3-4-17(6-7)9-5-8(15-12)13-10(11)14-9/h5,7H,3-4,6,12H2,1-2H3,(H3,11,13,14,15). The summed E-state index contributed by atoms with van der Waals surface area (Å²) in [5, 5.41) is 0. The number of anilines is 3. The van der Waals surface area contributed by atoms with Crippen LogP contribution < -0.4 is 21.9 Å². The van der Waals surface area contributed by atoms with E-state index in [2.05, 4.69) is 39.3 Å². The van der Waals surface area contributed by atoms with Crippen molar-refractivity contribution in [1.82, 2.24) is 14.9 Å². The lowest BCUT2D eigenvalue weighted by atomic mass is 10.2. The minimum atomic E-state index is 0.240. The Morgan fingerprint density at radius 1 is 1.47 bits per heavy atom. The summed E-state index contributed by atoms with van der Waals surface area (Å²) in [7, 11) is 4.19. The average molecular weight is 237 g/mol. The maximum atomic E-state index is 5.64. The van der Waals surface area contributed by atoms with E-state index < -0.39 is 0 Å². The van der Waals surface area contributed by atoms with E-state index in [0.29, 0.717) is 11.9 Å². The molecule has 0 saturated carbocycles. The van der Waals surface area contributed by atoms with Gasteiger partial charge in [0.25, 0.3) is 0 Å². The van der Waals surface area contributed by atoms with Gasteiger partial charge in [-0.15, -0.1) is 0 Å². The van der Waals surface area contributed by atoms with E-state index in [1.54, 1.807) is 0 Å². The molecule has 1 saturated heterocycles. The fourth-order valence-corrected chi connectivity index (χ4v) is 2.06. The molecule has 2 heterocycles. The van der Waals surface area contributed by atoms with Crippen molar-refractivity contribution in [3.05, 3.63) is 6.07 Å². The summed E-state index contributed by atoms with van der Waals surface area (Å²) in [5.74, 6) is 6.95. The van der Waals surface area contributed by atoms with Gasteiger partial charge in [0.15, 0.2) is 0 Å². The topological polar surface area (TPSA) is 96.3 Å². The van der Waals surface area contributed by atoms with Crippen LogP contribution in [-0.4, -0.2) is 48.1 Å². The molecule has 1 atom stereocenters. The van der Waals surface area contributed by atoms with Gasteiger partial charge in [0.05, 0.1) is 0 Å². The van der Waals surface area contributed by atoms with E-state index >= 15 is 0 Å². The molecule has 1 unspecified atom stereocenters. The number of rotatable bonds is 3. The molecule has 0 aromatic carbocycles. The zero-order valence-corrected chi connectivity index (χ0v) is 10.2. The summed E-state index contributed by atoms with van der Waals surface area (Å²) in [6, 6.07) is 2.37. The largest absolute Gasteiger partial charge is 0.368 e. The van der Waals surface area contributed by atoms with Gasteiger partial charge in [-0.25, -0.2) is 5.84 Å². The van der Waals surface area contributed by atoms with Crippen molar-refractivity contribution >= 4 is 17.6 Å². The molecular weight excluding hydrogens is 218 g/mol. The lowest BCUT2D eigenvalue weighted by Crippen LogP contribution is -2.31. The summed E-state index contributed by atoms with van der Waals surface area (Å²) < 4.78 is 0. The Kier molecular flexibility index (Phi) is 3.30. The first-order valence-corrected chi connectivity index (χ1v) is 5.62. The fraction of sp³-hybridized carbons (Fsp3) is 0.600. The van der Waals surface area contributed by atoms with Gasteiger partial charge in [0.2, 0.25) is 5.95 Å². The van der Waals surface area contributed by atoms with Crippen molar-refractivity contribution in [3.63, 3.8) is 0 Å². The lowest BCUT2D eigenvalue weighted by Gasteiger charge is -2.21. The highest BCUT2D eigenvalue weighted by Gasteiger charge is 2.25. The molecule has 1 aromatic rings. The van der Waals surface area contributed by atoms with Crippen LogP contribution in [0.15, 0.2) is 6.07 Å². The molecule has 0 radical (unpaired) electrons. The number of hydrazine groups is 1. The van der Waals surface area contributed by atoms with Gasteiger partial charge in [-0.1, -0.05) is 0 Å². The molecule has 1 aromatic heterocycles. The Hall–Kier alpha value is -1.60. The van der Waals surface area contributed by atoms with E-state index in [4.69, 9.17) is 11.6 Å². The first-order chi connectivity index (χ1) is 8.10. The molecule has 2 rings (SSSR count). The third-order valence-corrected chi connectivity index (χ3v) is 3.10. The first-order valence-electron chi connectivity index (χ1n) is 5.62. The number of hydrogen-bond acceptors (Lipinski definition) is 7. The summed E-state index contributed by atoms with van der Waals surface area (Å²) in [5.41, 5.74) is 8.14. The van der Waals surface area contributed by atoms with Crippen LogP contribution >= 0.6 is 0 Å². The van der Waals surface area contributed by atoms with Gasteiger partial charge in [-0.05, 0) is 20.5 Å². The smallest absolute Gasteiger partial charge is 0.223 e. The van der Waals surface area contributed by atoms with Crippen LogP contribution in [0.2, 0.25) is 0 Å². The molecular formula is C10H19N7. The number of nitrogens with zero attached hydrogens (tertiary/aromatic N) is 4. The minimum absolute atomic E-state index is 0.240. The van der Waals surface area contributed by atoms with Crippen LogP contribution in [0.25, 0.3) is 0 Å². The molecule has 0 aliphatic carbocycles. The third-order valence-electron chi connectivity index (χ3n) is 3.10. The molecule has 0 amide bonds. The predicted octanol–water partition coefficient (Wildman–Crippen LogP) is -0.515. The normalized spacial score (nSPS) is 20.0. The Balaban J connectivity index is 2.15. The number of likely N-dealkylation sites (N-methyl/N-ethyl adjacent to an activating group) is 1. The highest BCUT2D eigenvalue weighted by Crippen LogP contribution is 2.22. The maximum absolute atomic E-state index is 5.64. The third kappa shape index (κ3) is 2.56. The van der Waals surface area contributed by atoms with Crippen molar-refractivity contribution in [2.24, 2.45) is 5.84 Å². The first kappa shape index (κ1) is 11.9. The molecule has 7 nitrogen and oxygen atoms in total. The lowest BCUT2D eigenvalue weighted by molar-refractivity contribution is 0.315. The van der Waals surface area contributed by atoms with Crippen LogP contribution in [0.3, 0.4) is 0 Å². The summed E-state index contributed by atoms with van der Waals surface area (Å²) in [6.45, 7) is 1.93. The van der Waals surface area contributed by atoms with Crippen LogP contribution in [0.5, 0.6) is 0 Å². The molecule has 0 bridgehead atoms. The number of nitrogens with one attached hydrogen (secondary N) is 1. The summed E-state index contributed by atoms with van der Waals surface area (Å²) >= 11 is 0. The molecule has 5 N–H and O–H groups in total. The Morgan fingerprint density at radius 3 is 2.82 bits per heavy atom. The zero-order valence-electron chi connectivity index (χ0n) is 10.2. The monoisotopic (exact) mass is 237 g/mol. The van der Waals surface area contributed by atoms with E-state index in [0.717, 1.165) is 25.3 Å². The Bertz CT molecular complexity index is 392. The Morgan fingerprint density at radius 2 is 2.24 bits per heavy atom. The van der Waals surface area contributed by atoms with Gasteiger partial charge in [-0.3, -0.25) is 0 Å². The average Bonchev–Trinajstić information content (AvgIpc) is 2.77. The van der Waals surface area contributed by atoms with E-state index in [1.807, 2.05) is 6.07 Å². The zero-order chi connectivity index (χ0) is 12.4. The summed E-state index contributed by atoms with van der Waals surface area (Å²) in [6.07, 6.45) is 1.13. The van der Waals surface area contributed by atoms with Gasteiger partial charge >= 0.3 is 0 Å². The molecule has 17 heavy (non-hydrogen) atoms. The molecule has 7 heteroatoms. The van der Waals surface area contributed by atoms with Crippen LogP contribution in [0, 0.1) is 0 Å². The second-order valence-corrected chi connectivity index (χ2v) is 4.47. The molecule has 94 valence electrons. The molecule has 1 fully saturated rings. The second-order valence-electron chi connectivity index (χ2n) is 4.47. The molecule has 0 spiro atoms. The van der Waals surface area contributed by atoms with Gasteiger partial charge in [0, 0.05) is 25.2 Å². The van der Waals surface area contributed by atoms with E-state index in [-0.39, 0.29) is 5.95 Å². The van der Waals surface area contributed by atoms with Crippen LogP contribution in [0.4, 0.5) is 17.6 Å². The second kappa shape index (κ2) is 4.72. The quantitative estimate of drug-likeness (QED) is 0.481. The van der Waals surface area contributed by atoms with E-state index in [9.17, 15) is 0 Å². The number of aromatic nitrogens is 2. The highest BCUT2D eigenvalue weighted by molar-refractivity contribution is 5.52. The fourth-order valence-electron chi connectivity index (χ4n) is 2.06. The van der Waals surface area contributed by atoms with Crippen LogP contribution in [-0.2, 0) is 0 Å². The number of hydrogen-bond donors (Lipinski definition) is 3. The van der Waals surface area contributed by atoms with Crippen molar-refractivity contribution in [2.75, 3.05) is 43.2 Å². The SMILES string of the molecule is CN(C)C1CCN(c2cc(NN)nc(N)n2)C1. The predicted molar refractivity (Wildman–Crippen MR) is 68.6 cm³/mol. The Labute approximate surface area is 101 Å². The van der Waals surface area contributed by atoms with Crippen molar-refractivity contribution < 1.29 is 0 Å². The van der Waals surface area contributed by atoms with Gasteiger partial charge in [0.1, 0.15) is 11.6 Å².